The SMILES string of the molecule is O=C1NC(=S)N(c2ccccc2)C(=O)/C1=C\c1ccc(OCc2ccccc2F)c(Br)c1. The molecule has 0 spiro atoms. The van der Waals surface area contributed by atoms with Gasteiger partial charge in [-0.1, -0.05) is 42.5 Å². The zero-order chi connectivity index (χ0) is 22.7. The normalized spacial score (nSPS) is 15.1. The number of para-hydroxylation sites is 1. The number of nitrogens with zero attached hydrogens (tertiary/aromatic N) is 1. The van der Waals surface area contributed by atoms with Crippen LogP contribution in [0, 0.1) is 5.82 Å². The Kier molecular flexibility index (Phi) is 6.43. The van der Waals surface area contributed by atoms with E-state index in [2.05, 4.69) is 21.2 Å². The van der Waals surface area contributed by atoms with Crippen LogP contribution in [0.15, 0.2) is 82.8 Å². The molecule has 3 aromatic carbocycles. The molecule has 1 heterocycles. The maximum absolute atomic E-state index is 13.8. The molecule has 1 aliphatic rings. The standard InChI is InChI=1S/C24H16BrFN2O3S/c25-19-13-15(10-11-21(19)31-14-16-6-4-5-9-20(16)26)12-18-22(29)27-24(32)28(23(18)30)17-7-2-1-3-8-17/h1-13H,14H2,(H,27,29,32)/b18-12-. The number of carbonyl (C=O) groups excluding carboxylic acids is 2. The number of halogens is 2. The summed E-state index contributed by atoms with van der Waals surface area (Å²) >= 11 is 8.62. The van der Waals surface area contributed by atoms with Gasteiger partial charge in [-0.25, -0.2) is 4.39 Å². The molecule has 0 unspecified atom stereocenters. The van der Waals surface area contributed by atoms with Gasteiger partial charge in [0, 0.05) is 5.56 Å². The Morgan fingerprint density at radius 3 is 2.47 bits per heavy atom. The van der Waals surface area contributed by atoms with Crippen molar-refractivity contribution in [3.05, 3.63) is 99.8 Å². The first kappa shape index (κ1) is 21.9. The number of hydrogen-bond acceptors (Lipinski definition) is 4. The number of anilines is 1. The molecule has 0 aromatic heterocycles. The average Bonchev–Trinajstić information content (AvgIpc) is 2.78. The molecule has 0 bridgehead atoms. The number of carbonyl (C=O) groups is 2. The van der Waals surface area contributed by atoms with Crippen LogP contribution in [0.25, 0.3) is 6.08 Å². The predicted molar refractivity (Wildman–Crippen MR) is 128 cm³/mol. The van der Waals surface area contributed by atoms with Gasteiger partial charge in [0.25, 0.3) is 11.8 Å². The van der Waals surface area contributed by atoms with Crippen molar-refractivity contribution in [2.75, 3.05) is 4.90 Å². The molecule has 1 N–H and O–H groups in total. The molecule has 4 rings (SSSR count). The number of thiocarbonyl (C=S) groups is 1. The number of nitrogens with one attached hydrogen (secondary N) is 1. The van der Waals surface area contributed by atoms with E-state index in [1.807, 2.05) is 6.07 Å². The lowest BCUT2D eigenvalue weighted by Gasteiger charge is -2.28. The van der Waals surface area contributed by atoms with Crippen LogP contribution in [0.2, 0.25) is 0 Å². The van der Waals surface area contributed by atoms with Crippen LogP contribution >= 0.6 is 28.1 Å². The van der Waals surface area contributed by atoms with E-state index in [0.29, 0.717) is 27.0 Å². The Morgan fingerprint density at radius 1 is 1.03 bits per heavy atom. The second-order valence-electron chi connectivity index (χ2n) is 6.86. The Labute approximate surface area is 197 Å². The third kappa shape index (κ3) is 4.61. The fourth-order valence-corrected chi connectivity index (χ4v) is 3.92. The van der Waals surface area contributed by atoms with Crippen LogP contribution in [-0.4, -0.2) is 16.9 Å². The second kappa shape index (κ2) is 9.42. The Bertz CT molecular complexity index is 1250. The highest BCUT2D eigenvalue weighted by atomic mass is 79.9. The highest BCUT2D eigenvalue weighted by Crippen LogP contribution is 2.29. The molecule has 0 atom stereocenters. The molecule has 160 valence electrons. The van der Waals surface area contributed by atoms with E-state index in [-0.39, 0.29) is 23.1 Å². The average molecular weight is 511 g/mol. The van der Waals surface area contributed by atoms with Crippen molar-refractivity contribution in [3.63, 3.8) is 0 Å². The van der Waals surface area contributed by atoms with Crippen LogP contribution in [0.4, 0.5) is 10.1 Å². The maximum Gasteiger partial charge on any atom is 0.270 e. The van der Waals surface area contributed by atoms with Gasteiger partial charge in [-0.15, -0.1) is 0 Å². The third-order valence-electron chi connectivity index (χ3n) is 4.72. The molecule has 2 amide bonds. The highest BCUT2D eigenvalue weighted by Gasteiger charge is 2.34. The monoisotopic (exact) mass is 510 g/mol. The zero-order valence-corrected chi connectivity index (χ0v) is 19.0. The first-order valence-corrected chi connectivity index (χ1v) is 10.8. The lowest BCUT2D eigenvalue weighted by molar-refractivity contribution is -0.122. The number of rotatable bonds is 5. The van der Waals surface area contributed by atoms with Crippen LogP contribution in [0.5, 0.6) is 5.75 Å². The van der Waals surface area contributed by atoms with E-state index < -0.39 is 11.8 Å². The molecule has 8 heteroatoms. The van der Waals surface area contributed by atoms with E-state index in [1.165, 1.54) is 17.0 Å². The van der Waals surface area contributed by atoms with E-state index in [0.717, 1.165) is 0 Å². The van der Waals surface area contributed by atoms with Crippen LogP contribution in [-0.2, 0) is 16.2 Å². The molecule has 5 nitrogen and oxygen atoms in total. The van der Waals surface area contributed by atoms with E-state index in [1.54, 1.807) is 60.7 Å². The summed E-state index contributed by atoms with van der Waals surface area (Å²) in [4.78, 5) is 26.8. The van der Waals surface area contributed by atoms with Gasteiger partial charge in [0.2, 0.25) is 0 Å². The van der Waals surface area contributed by atoms with Crippen molar-refractivity contribution in [1.82, 2.24) is 5.32 Å². The zero-order valence-electron chi connectivity index (χ0n) is 16.5. The summed E-state index contributed by atoms with van der Waals surface area (Å²) in [6, 6.07) is 20.3. The van der Waals surface area contributed by atoms with Crippen molar-refractivity contribution < 1.29 is 18.7 Å². The first-order chi connectivity index (χ1) is 15.4. The fraction of sp³-hybridized carbons (Fsp3) is 0.0417. The van der Waals surface area contributed by atoms with Gasteiger partial charge in [-0.3, -0.25) is 19.8 Å². The smallest absolute Gasteiger partial charge is 0.270 e. The number of amides is 2. The van der Waals surface area contributed by atoms with Gasteiger partial charge in [-0.2, -0.15) is 0 Å². The summed E-state index contributed by atoms with van der Waals surface area (Å²) in [6.45, 7) is 0.0656. The molecule has 1 saturated heterocycles. The highest BCUT2D eigenvalue weighted by molar-refractivity contribution is 9.10. The van der Waals surface area contributed by atoms with Crippen LogP contribution in [0.3, 0.4) is 0 Å². The summed E-state index contributed by atoms with van der Waals surface area (Å²) in [7, 11) is 0. The largest absolute Gasteiger partial charge is 0.488 e. The summed E-state index contributed by atoms with van der Waals surface area (Å²) < 4.78 is 20.1. The molecule has 32 heavy (non-hydrogen) atoms. The van der Waals surface area contributed by atoms with Crippen molar-refractivity contribution in [2.24, 2.45) is 0 Å². The van der Waals surface area contributed by atoms with Crippen LogP contribution in [0.1, 0.15) is 11.1 Å². The minimum atomic E-state index is -0.566. The van der Waals surface area contributed by atoms with Gasteiger partial charge in [0.05, 0.1) is 10.2 Å². The van der Waals surface area contributed by atoms with Gasteiger partial charge in [0.1, 0.15) is 23.7 Å². The number of hydrogen-bond donors (Lipinski definition) is 1. The number of benzene rings is 3. The van der Waals surface area contributed by atoms with Crippen molar-refractivity contribution in [2.45, 2.75) is 6.61 Å². The van der Waals surface area contributed by atoms with Gasteiger partial charge in [0.15, 0.2) is 5.11 Å². The predicted octanol–water partition coefficient (Wildman–Crippen LogP) is 5.00. The second-order valence-corrected chi connectivity index (χ2v) is 8.10. The van der Waals surface area contributed by atoms with E-state index in [4.69, 9.17) is 17.0 Å². The quantitative estimate of drug-likeness (QED) is 0.298. The summed E-state index contributed by atoms with van der Waals surface area (Å²) in [6.07, 6.45) is 1.49. The minimum absolute atomic E-state index is 0.0291. The third-order valence-corrected chi connectivity index (χ3v) is 5.63. The molecule has 0 saturated carbocycles. The number of ether oxygens (including phenoxy) is 1. The molecule has 0 radical (unpaired) electrons. The minimum Gasteiger partial charge on any atom is -0.488 e. The summed E-state index contributed by atoms with van der Waals surface area (Å²) in [5.74, 6) is -0.918. The molecule has 0 aliphatic carbocycles. The Hall–Kier alpha value is -3.36. The van der Waals surface area contributed by atoms with Crippen molar-refractivity contribution in [3.8, 4) is 5.75 Å². The summed E-state index contributed by atoms with van der Waals surface area (Å²) in [5, 5.41) is 2.58. The van der Waals surface area contributed by atoms with E-state index in [9.17, 15) is 14.0 Å². The van der Waals surface area contributed by atoms with Crippen molar-refractivity contribution in [1.29, 1.82) is 0 Å². The Morgan fingerprint density at radius 2 is 1.75 bits per heavy atom. The fourth-order valence-electron chi connectivity index (χ4n) is 3.13. The molecular formula is C24H16BrFN2O3S. The summed E-state index contributed by atoms with van der Waals surface area (Å²) in [5.41, 5.74) is 1.56. The van der Waals surface area contributed by atoms with E-state index >= 15 is 0 Å². The van der Waals surface area contributed by atoms with Gasteiger partial charge >= 0.3 is 0 Å². The molecule has 1 aliphatic heterocycles. The molecular weight excluding hydrogens is 495 g/mol. The first-order valence-electron chi connectivity index (χ1n) is 9.56. The van der Waals surface area contributed by atoms with Gasteiger partial charge < -0.3 is 4.74 Å². The topological polar surface area (TPSA) is 58.6 Å². The Balaban J connectivity index is 1.56. The van der Waals surface area contributed by atoms with Crippen molar-refractivity contribution >= 4 is 56.8 Å². The maximum atomic E-state index is 13.8. The lowest BCUT2D eigenvalue weighted by Crippen LogP contribution is -2.54. The lowest BCUT2D eigenvalue weighted by atomic mass is 10.1. The van der Waals surface area contributed by atoms with Gasteiger partial charge in [-0.05, 0) is 70.1 Å². The molecule has 3 aromatic rings. The molecule has 1 fully saturated rings. The van der Waals surface area contributed by atoms with Crippen LogP contribution < -0.4 is 15.0 Å².